The largest absolute Gasteiger partial charge is 0.294 e. The van der Waals surface area contributed by atoms with E-state index in [1.165, 1.54) is 11.1 Å². The molecule has 198 valence electrons. The lowest BCUT2D eigenvalue weighted by Crippen LogP contribution is -2.21. The number of hydrogen-bond donors (Lipinski definition) is 0. The Morgan fingerprint density at radius 3 is 1.40 bits per heavy atom. The molecule has 6 aromatic carbocycles. The predicted octanol–water partition coefficient (Wildman–Crippen LogP) is 9.40. The molecule has 0 aliphatic carbocycles. The second-order valence-electron chi connectivity index (χ2n) is 10.6. The van der Waals surface area contributed by atoms with Gasteiger partial charge in [0.2, 0.25) is 0 Å². The Labute approximate surface area is 243 Å². The number of para-hydroxylation sites is 2. The molecule has 3 heteroatoms. The van der Waals surface area contributed by atoms with Crippen molar-refractivity contribution in [1.29, 1.82) is 0 Å². The molecule has 0 N–H and O–H groups in total. The third kappa shape index (κ3) is 3.79. The average Bonchev–Trinajstić information content (AvgIpc) is 3.41. The molecule has 0 unspecified atom stereocenters. The first kappa shape index (κ1) is 24.2. The summed E-state index contributed by atoms with van der Waals surface area (Å²) in [4.78, 5) is 14.3. The third-order valence-electron chi connectivity index (χ3n) is 8.15. The minimum absolute atomic E-state index is 0.0296. The molecule has 0 atom stereocenters. The smallest absolute Gasteiger partial charge is 0.266 e. The Hall–Kier alpha value is -5.67. The summed E-state index contributed by atoms with van der Waals surface area (Å²) in [5.74, 6) is 0. The molecule has 0 saturated heterocycles. The Balaban J connectivity index is 1.35. The average molecular weight is 539 g/mol. The van der Waals surface area contributed by atoms with E-state index in [0.717, 1.165) is 50.0 Å². The Morgan fingerprint density at radius 1 is 0.381 bits per heavy atom. The fourth-order valence-corrected chi connectivity index (χ4v) is 6.17. The van der Waals surface area contributed by atoms with Gasteiger partial charge < -0.3 is 0 Å². The van der Waals surface area contributed by atoms with E-state index in [-0.39, 0.29) is 5.56 Å². The molecule has 8 aromatic rings. The highest BCUT2D eigenvalue weighted by atomic mass is 16.1. The summed E-state index contributed by atoms with van der Waals surface area (Å²) in [5, 5.41) is 1.80. The van der Waals surface area contributed by atoms with E-state index in [0.29, 0.717) is 5.39 Å². The molecular formula is C39H26N2O. The van der Waals surface area contributed by atoms with Crippen molar-refractivity contribution < 1.29 is 0 Å². The highest BCUT2D eigenvalue weighted by Gasteiger charge is 2.21. The maximum atomic E-state index is 14.3. The fourth-order valence-electron chi connectivity index (χ4n) is 6.17. The molecular weight excluding hydrogens is 512 g/mol. The second-order valence-corrected chi connectivity index (χ2v) is 10.6. The summed E-state index contributed by atoms with van der Waals surface area (Å²) < 4.78 is 4.12. The minimum atomic E-state index is -0.0296. The fraction of sp³-hybridized carbons (Fsp3) is 0. The highest BCUT2D eigenvalue weighted by Crippen LogP contribution is 2.37. The highest BCUT2D eigenvalue weighted by molar-refractivity contribution is 6.07. The van der Waals surface area contributed by atoms with Gasteiger partial charge >= 0.3 is 0 Å². The van der Waals surface area contributed by atoms with Crippen LogP contribution in [-0.4, -0.2) is 8.97 Å². The van der Waals surface area contributed by atoms with Crippen LogP contribution < -0.4 is 5.56 Å². The number of rotatable bonds is 4. The van der Waals surface area contributed by atoms with Gasteiger partial charge in [0, 0.05) is 10.9 Å². The van der Waals surface area contributed by atoms with E-state index in [1.54, 1.807) is 0 Å². The molecule has 0 bridgehead atoms. The van der Waals surface area contributed by atoms with Gasteiger partial charge in [0.25, 0.3) is 5.56 Å². The molecule has 0 amide bonds. The zero-order valence-electron chi connectivity index (χ0n) is 22.8. The zero-order chi connectivity index (χ0) is 28.0. The van der Waals surface area contributed by atoms with Crippen molar-refractivity contribution in [3.63, 3.8) is 0 Å². The Morgan fingerprint density at radius 2 is 0.810 bits per heavy atom. The summed E-state index contributed by atoms with van der Waals surface area (Å²) in [6.07, 6.45) is 0. The van der Waals surface area contributed by atoms with Crippen molar-refractivity contribution in [3.05, 3.63) is 168 Å². The first-order chi connectivity index (χ1) is 20.8. The monoisotopic (exact) mass is 538 g/mol. The van der Waals surface area contributed by atoms with Crippen LogP contribution in [-0.2, 0) is 0 Å². The standard InChI is InChI=1S/C39H26N2O/c42-39-34-16-8-10-18-36(34)41-35-17-9-7-15-33(35)37(31-13-5-2-6-14-31)38(41)40(39)32-25-23-30(24-26-32)29-21-19-28(20-22-29)27-11-3-1-4-12-27/h1-26H. The van der Waals surface area contributed by atoms with Crippen molar-refractivity contribution in [2.45, 2.75) is 0 Å². The van der Waals surface area contributed by atoms with Gasteiger partial charge in [0.1, 0.15) is 5.65 Å². The quantitative estimate of drug-likeness (QED) is 0.219. The van der Waals surface area contributed by atoms with Crippen molar-refractivity contribution in [3.8, 4) is 39.1 Å². The third-order valence-corrected chi connectivity index (χ3v) is 8.15. The number of fused-ring (bicyclic) bond motifs is 5. The molecule has 2 aromatic heterocycles. The summed E-state index contributed by atoms with van der Waals surface area (Å²) in [6.45, 7) is 0. The number of aromatic nitrogens is 2. The van der Waals surface area contributed by atoms with Crippen LogP contribution in [0, 0.1) is 0 Å². The molecule has 2 heterocycles. The van der Waals surface area contributed by atoms with Crippen molar-refractivity contribution in [1.82, 2.24) is 8.97 Å². The molecule has 0 radical (unpaired) electrons. The number of hydrogen-bond acceptors (Lipinski definition) is 1. The predicted molar refractivity (Wildman–Crippen MR) is 174 cm³/mol. The maximum absolute atomic E-state index is 14.3. The molecule has 0 saturated carbocycles. The van der Waals surface area contributed by atoms with Crippen LogP contribution in [0.4, 0.5) is 0 Å². The first-order valence-corrected chi connectivity index (χ1v) is 14.2. The minimum Gasteiger partial charge on any atom is -0.294 e. The Kier molecular flexibility index (Phi) is 5.61. The lowest BCUT2D eigenvalue weighted by atomic mass is 10.00. The van der Waals surface area contributed by atoms with Crippen LogP contribution in [0.25, 0.3) is 66.5 Å². The van der Waals surface area contributed by atoms with E-state index < -0.39 is 0 Å². The maximum Gasteiger partial charge on any atom is 0.266 e. The molecule has 0 aliphatic heterocycles. The SMILES string of the molecule is O=c1c2ccccc2n2c3ccccc3c(-c3ccccc3)c2n1-c1ccc(-c2ccc(-c3ccccc3)cc2)cc1. The molecule has 0 aliphatic rings. The van der Waals surface area contributed by atoms with E-state index >= 15 is 0 Å². The van der Waals surface area contributed by atoms with Gasteiger partial charge in [-0.3, -0.25) is 13.8 Å². The summed E-state index contributed by atoms with van der Waals surface area (Å²) >= 11 is 0. The van der Waals surface area contributed by atoms with Crippen LogP contribution in [0.5, 0.6) is 0 Å². The van der Waals surface area contributed by atoms with Crippen LogP contribution in [0.3, 0.4) is 0 Å². The van der Waals surface area contributed by atoms with Gasteiger partial charge in [-0.25, -0.2) is 0 Å². The van der Waals surface area contributed by atoms with E-state index in [2.05, 4.69) is 126 Å². The molecule has 3 nitrogen and oxygen atoms in total. The number of benzene rings is 6. The van der Waals surface area contributed by atoms with Crippen LogP contribution in [0.1, 0.15) is 0 Å². The second kappa shape index (κ2) is 9.76. The molecule has 8 rings (SSSR count). The van der Waals surface area contributed by atoms with E-state index in [4.69, 9.17) is 0 Å². The lowest BCUT2D eigenvalue weighted by Gasteiger charge is -2.15. The van der Waals surface area contributed by atoms with E-state index in [1.807, 2.05) is 41.0 Å². The zero-order valence-corrected chi connectivity index (χ0v) is 22.8. The topological polar surface area (TPSA) is 26.4 Å². The molecule has 0 spiro atoms. The van der Waals surface area contributed by atoms with Crippen molar-refractivity contribution in [2.24, 2.45) is 0 Å². The van der Waals surface area contributed by atoms with Gasteiger partial charge in [-0.15, -0.1) is 0 Å². The number of nitrogens with zero attached hydrogens (tertiary/aromatic N) is 2. The first-order valence-electron chi connectivity index (χ1n) is 14.2. The van der Waals surface area contributed by atoms with Gasteiger partial charge in [0.05, 0.1) is 22.1 Å². The van der Waals surface area contributed by atoms with Crippen molar-refractivity contribution in [2.75, 3.05) is 0 Å². The summed E-state index contributed by atoms with van der Waals surface area (Å²) in [6, 6.07) is 54.1. The van der Waals surface area contributed by atoms with Crippen LogP contribution in [0.15, 0.2) is 163 Å². The van der Waals surface area contributed by atoms with Gasteiger partial charge in [-0.05, 0) is 58.1 Å². The lowest BCUT2D eigenvalue weighted by molar-refractivity contribution is 1.01. The van der Waals surface area contributed by atoms with Gasteiger partial charge in [0.15, 0.2) is 0 Å². The van der Waals surface area contributed by atoms with Crippen LogP contribution >= 0.6 is 0 Å². The molecule has 42 heavy (non-hydrogen) atoms. The van der Waals surface area contributed by atoms with Gasteiger partial charge in [-0.1, -0.05) is 127 Å². The van der Waals surface area contributed by atoms with Crippen molar-refractivity contribution >= 4 is 27.5 Å². The summed E-state index contributed by atoms with van der Waals surface area (Å²) in [5.41, 5.74) is 10.4. The molecule has 0 fully saturated rings. The summed E-state index contributed by atoms with van der Waals surface area (Å²) in [7, 11) is 0. The van der Waals surface area contributed by atoms with Gasteiger partial charge in [-0.2, -0.15) is 0 Å². The van der Waals surface area contributed by atoms with E-state index in [9.17, 15) is 4.79 Å². The normalized spacial score (nSPS) is 11.4. The van der Waals surface area contributed by atoms with Crippen LogP contribution in [0.2, 0.25) is 0 Å². The Bertz CT molecular complexity index is 2280.